The van der Waals surface area contributed by atoms with Crippen molar-refractivity contribution in [3.8, 4) is 11.4 Å². The van der Waals surface area contributed by atoms with Crippen LogP contribution in [0.25, 0.3) is 11.4 Å². The highest BCUT2D eigenvalue weighted by Gasteiger charge is 2.07. The Balaban J connectivity index is 2.39. The van der Waals surface area contributed by atoms with Crippen LogP contribution in [0.3, 0.4) is 0 Å². The molecule has 0 aliphatic heterocycles. The average Bonchev–Trinajstić information content (AvgIpc) is 2.36. The van der Waals surface area contributed by atoms with Crippen LogP contribution in [-0.4, -0.2) is 16.5 Å². The van der Waals surface area contributed by atoms with Crippen LogP contribution < -0.4 is 5.32 Å². The van der Waals surface area contributed by atoms with Crippen LogP contribution in [0.2, 0.25) is 5.02 Å². The van der Waals surface area contributed by atoms with E-state index in [0.717, 1.165) is 30.0 Å². The number of hydrogen-bond donors (Lipinski definition) is 1. The molecule has 0 amide bonds. The smallest absolute Gasteiger partial charge is 0.163 e. The summed E-state index contributed by atoms with van der Waals surface area (Å²) in [5, 5.41) is 3.94. The Morgan fingerprint density at radius 1 is 1.22 bits per heavy atom. The fourth-order valence-corrected chi connectivity index (χ4v) is 1.90. The second-order valence-corrected chi connectivity index (χ2v) is 4.53. The first-order valence-electron chi connectivity index (χ1n) is 6.05. The van der Waals surface area contributed by atoms with E-state index in [4.69, 9.17) is 11.6 Å². The molecule has 2 aromatic rings. The molecule has 0 saturated carbocycles. The van der Waals surface area contributed by atoms with Gasteiger partial charge in [-0.25, -0.2) is 9.97 Å². The zero-order valence-corrected chi connectivity index (χ0v) is 11.3. The molecule has 1 N–H and O–H groups in total. The SMILES string of the molecule is CCCNc1cc(C)nc(-c2ccccc2Cl)n1. The molecule has 2 rings (SSSR count). The highest BCUT2D eigenvalue weighted by molar-refractivity contribution is 6.33. The third-order valence-electron chi connectivity index (χ3n) is 2.53. The first-order chi connectivity index (χ1) is 8.70. The van der Waals surface area contributed by atoms with E-state index < -0.39 is 0 Å². The van der Waals surface area contributed by atoms with Gasteiger partial charge in [0, 0.05) is 23.9 Å². The minimum atomic E-state index is 0.666. The van der Waals surface area contributed by atoms with Gasteiger partial charge in [0.15, 0.2) is 5.82 Å². The van der Waals surface area contributed by atoms with Gasteiger partial charge in [-0.3, -0.25) is 0 Å². The predicted octanol–water partition coefficient (Wildman–Crippen LogP) is 3.93. The van der Waals surface area contributed by atoms with E-state index in [0.29, 0.717) is 10.8 Å². The summed E-state index contributed by atoms with van der Waals surface area (Å²) in [7, 11) is 0. The zero-order valence-electron chi connectivity index (χ0n) is 10.6. The lowest BCUT2D eigenvalue weighted by Gasteiger charge is -2.08. The summed E-state index contributed by atoms with van der Waals surface area (Å²) in [6, 6.07) is 9.56. The van der Waals surface area contributed by atoms with Crippen LogP contribution in [0.15, 0.2) is 30.3 Å². The molecule has 0 atom stereocenters. The standard InChI is InChI=1S/C14H16ClN3/c1-3-8-16-13-9-10(2)17-14(18-13)11-6-4-5-7-12(11)15/h4-7,9H,3,8H2,1-2H3,(H,16,17,18). The van der Waals surface area contributed by atoms with Gasteiger partial charge in [-0.2, -0.15) is 0 Å². The van der Waals surface area contributed by atoms with Gasteiger partial charge < -0.3 is 5.32 Å². The van der Waals surface area contributed by atoms with Crippen molar-refractivity contribution in [2.45, 2.75) is 20.3 Å². The van der Waals surface area contributed by atoms with E-state index in [1.165, 1.54) is 0 Å². The van der Waals surface area contributed by atoms with Crippen molar-refractivity contribution in [1.29, 1.82) is 0 Å². The van der Waals surface area contributed by atoms with Gasteiger partial charge in [0.05, 0.1) is 5.02 Å². The van der Waals surface area contributed by atoms with Crippen molar-refractivity contribution in [2.75, 3.05) is 11.9 Å². The first kappa shape index (κ1) is 12.8. The molecule has 0 radical (unpaired) electrons. The van der Waals surface area contributed by atoms with Crippen molar-refractivity contribution in [3.63, 3.8) is 0 Å². The third-order valence-corrected chi connectivity index (χ3v) is 2.85. The largest absolute Gasteiger partial charge is 0.370 e. The quantitative estimate of drug-likeness (QED) is 0.906. The van der Waals surface area contributed by atoms with Crippen molar-refractivity contribution >= 4 is 17.4 Å². The highest BCUT2D eigenvalue weighted by Crippen LogP contribution is 2.25. The summed E-state index contributed by atoms with van der Waals surface area (Å²) in [5.41, 5.74) is 1.79. The van der Waals surface area contributed by atoms with E-state index in [1.807, 2.05) is 37.3 Å². The molecule has 94 valence electrons. The summed E-state index contributed by atoms with van der Waals surface area (Å²) < 4.78 is 0. The molecule has 0 spiro atoms. The van der Waals surface area contributed by atoms with Crippen LogP contribution in [-0.2, 0) is 0 Å². The maximum absolute atomic E-state index is 6.17. The number of hydrogen-bond acceptors (Lipinski definition) is 3. The van der Waals surface area contributed by atoms with Gasteiger partial charge in [-0.05, 0) is 25.5 Å². The number of halogens is 1. The van der Waals surface area contributed by atoms with Crippen LogP contribution in [0, 0.1) is 6.92 Å². The average molecular weight is 262 g/mol. The van der Waals surface area contributed by atoms with Crippen LogP contribution in [0.1, 0.15) is 19.0 Å². The van der Waals surface area contributed by atoms with Crippen LogP contribution >= 0.6 is 11.6 Å². The van der Waals surface area contributed by atoms with Crippen molar-refractivity contribution in [3.05, 3.63) is 41.0 Å². The molecule has 0 bridgehead atoms. The Hall–Kier alpha value is -1.61. The minimum absolute atomic E-state index is 0.666. The van der Waals surface area contributed by atoms with Crippen LogP contribution in [0.5, 0.6) is 0 Å². The lowest BCUT2D eigenvalue weighted by Crippen LogP contribution is -2.04. The Kier molecular flexibility index (Phi) is 4.15. The second-order valence-electron chi connectivity index (χ2n) is 4.12. The lowest BCUT2D eigenvalue weighted by atomic mass is 10.2. The molecular formula is C14H16ClN3. The fourth-order valence-electron chi connectivity index (χ4n) is 1.68. The normalized spacial score (nSPS) is 10.4. The summed E-state index contributed by atoms with van der Waals surface area (Å²) in [5.74, 6) is 1.51. The van der Waals surface area contributed by atoms with Gasteiger partial charge in [-0.1, -0.05) is 30.7 Å². The molecule has 0 aliphatic rings. The predicted molar refractivity (Wildman–Crippen MR) is 76.0 cm³/mol. The maximum atomic E-state index is 6.17. The zero-order chi connectivity index (χ0) is 13.0. The molecule has 1 aromatic carbocycles. The number of nitrogens with one attached hydrogen (secondary N) is 1. The van der Waals surface area contributed by atoms with Gasteiger partial charge in [-0.15, -0.1) is 0 Å². The molecule has 3 nitrogen and oxygen atoms in total. The maximum Gasteiger partial charge on any atom is 0.163 e. The third kappa shape index (κ3) is 2.99. The van der Waals surface area contributed by atoms with Gasteiger partial charge in [0.2, 0.25) is 0 Å². The molecule has 18 heavy (non-hydrogen) atoms. The molecule has 1 heterocycles. The second kappa shape index (κ2) is 5.83. The van der Waals surface area contributed by atoms with Gasteiger partial charge in [0.25, 0.3) is 0 Å². The van der Waals surface area contributed by atoms with Crippen molar-refractivity contribution in [1.82, 2.24) is 9.97 Å². The lowest BCUT2D eigenvalue weighted by molar-refractivity contribution is 0.962. The molecule has 1 aromatic heterocycles. The topological polar surface area (TPSA) is 37.8 Å². The highest BCUT2D eigenvalue weighted by atomic mass is 35.5. The molecule has 4 heteroatoms. The summed E-state index contributed by atoms with van der Waals surface area (Å²) in [6.45, 7) is 4.98. The number of benzene rings is 1. The van der Waals surface area contributed by atoms with Gasteiger partial charge in [0.1, 0.15) is 5.82 Å². The van der Waals surface area contributed by atoms with Crippen molar-refractivity contribution < 1.29 is 0 Å². The van der Waals surface area contributed by atoms with E-state index >= 15 is 0 Å². The number of anilines is 1. The van der Waals surface area contributed by atoms with E-state index in [2.05, 4.69) is 22.2 Å². The van der Waals surface area contributed by atoms with Gasteiger partial charge >= 0.3 is 0 Å². The number of aryl methyl sites for hydroxylation is 1. The monoisotopic (exact) mass is 261 g/mol. The fraction of sp³-hybridized carbons (Fsp3) is 0.286. The molecule has 0 aliphatic carbocycles. The Bertz CT molecular complexity index is 540. The van der Waals surface area contributed by atoms with Crippen LogP contribution in [0.4, 0.5) is 5.82 Å². The van der Waals surface area contributed by atoms with E-state index in [9.17, 15) is 0 Å². The Labute approximate surface area is 112 Å². The van der Waals surface area contributed by atoms with E-state index in [1.54, 1.807) is 0 Å². The Morgan fingerprint density at radius 2 is 2.00 bits per heavy atom. The molecule has 0 saturated heterocycles. The van der Waals surface area contributed by atoms with E-state index in [-0.39, 0.29) is 0 Å². The molecular weight excluding hydrogens is 246 g/mol. The first-order valence-corrected chi connectivity index (χ1v) is 6.43. The van der Waals surface area contributed by atoms with Crippen molar-refractivity contribution in [2.24, 2.45) is 0 Å². The summed E-state index contributed by atoms with van der Waals surface area (Å²) >= 11 is 6.17. The summed E-state index contributed by atoms with van der Waals surface area (Å²) in [6.07, 6.45) is 1.06. The minimum Gasteiger partial charge on any atom is -0.370 e. The number of nitrogens with zero attached hydrogens (tertiary/aromatic N) is 2. The Morgan fingerprint density at radius 3 is 2.72 bits per heavy atom. The number of aromatic nitrogens is 2. The number of rotatable bonds is 4. The molecule has 0 unspecified atom stereocenters. The summed E-state index contributed by atoms with van der Waals surface area (Å²) in [4.78, 5) is 8.93. The molecule has 0 fully saturated rings.